The maximum Gasteiger partial charge on any atom is 0.234 e. The fraction of sp³-hybridized carbons (Fsp3) is 0.733. The average Bonchev–Trinajstić information content (AvgIpc) is 2.93. The molecule has 1 saturated heterocycles. The topological polar surface area (TPSA) is 87.5 Å². The van der Waals surface area contributed by atoms with Crippen LogP contribution in [0.4, 0.5) is 0 Å². The van der Waals surface area contributed by atoms with Crippen LogP contribution in [0.1, 0.15) is 12.5 Å². The summed E-state index contributed by atoms with van der Waals surface area (Å²) < 4.78 is 24.5. The molecule has 0 aromatic carbocycles. The molecule has 1 aliphatic heterocycles. The third-order valence-corrected chi connectivity index (χ3v) is 5.78. The van der Waals surface area contributed by atoms with Gasteiger partial charge in [-0.15, -0.1) is 0 Å². The number of nitrogens with zero attached hydrogens (tertiary/aromatic N) is 4. The molecular formula is C15H27N5O3S. The molecule has 0 atom stereocenters. The number of sulfone groups is 1. The summed E-state index contributed by atoms with van der Waals surface area (Å²) in [6.45, 7) is 6.30. The second-order valence-corrected chi connectivity index (χ2v) is 8.47. The van der Waals surface area contributed by atoms with Gasteiger partial charge in [-0.1, -0.05) is 6.92 Å². The van der Waals surface area contributed by atoms with Crippen LogP contribution in [0, 0.1) is 0 Å². The molecule has 1 fully saturated rings. The number of carbonyl (C=O) groups is 1. The Balaban J connectivity index is 1.66. The molecule has 0 unspecified atom stereocenters. The third kappa shape index (κ3) is 6.21. The lowest BCUT2D eigenvalue weighted by atomic mass is 10.3. The predicted octanol–water partition coefficient (Wildman–Crippen LogP) is -0.911. The highest BCUT2D eigenvalue weighted by Gasteiger charge is 2.22. The van der Waals surface area contributed by atoms with E-state index in [0.29, 0.717) is 19.6 Å². The van der Waals surface area contributed by atoms with Gasteiger partial charge < -0.3 is 5.32 Å². The van der Waals surface area contributed by atoms with E-state index in [2.05, 4.69) is 22.2 Å². The van der Waals surface area contributed by atoms with E-state index in [0.717, 1.165) is 25.2 Å². The Morgan fingerprint density at radius 3 is 2.67 bits per heavy atom. The lowest BCUT2D eigenvalue weighted by Crippen LogP contribution is -2.46. The van der Waals surface area contributed by atoms with E-state index < -0.39 is 9.84 Å². The molecule has 9 heteroatoms. The van der Waals surface area contributed by atoms with Gasteiger partial charge in [-0.3, -0.25) is 19.3 Å². The highest BCUT2D eigenvalue weighted by atomic mass is 32.2. The number of amides is 1. The van der Waals surface area contributed by atoms with Crippen LogP contribution in [0.2, 0.25) is 0 Å². The molecule has 0 bridgehead atoms. The summed E-state index contributed by atoms with van der Waals surface area (Å²) in [6.07, 6.45) is 3.84. The van der Waals surface area contributed by atoms with E-state index in [1.54, 1.807) is 4.68 Å². The minimum absolute atomic E-state index is 0.0493. The first-order valence-corrected chi connectivity index (χ1v) is 10.1. The largest absolute Gasteiger partial charge is 0.354 e. The number of nitrogens with one attached hydrogen (secondary N) is 1. The highest BCUT2D eigenvalue weighted by Crippen LogP contribution is 2.03. The van der Waals surface area contributed by atoms with Gasteiger partial charge in [0.2, 0.25) is 5.91 Å². The summed E-state index contributed by atoms with van der Waals surface area (Å²) in [5, 5.41) is 7.07. The molecule has 0 spiro atoms. The number of aromatic nitrogens is 2. The van der Waals surface area contributed by atoms with Crippen LogP contribution in [0.25, 0.3) is 0 Å². The molecule has 1 N–H and O–H groups in total. The molecule has 0 radical (unpaired) electrons. The van der Waals surface area contributed by atoms with Gasteiger partial charge in [0, 0.05) is 51.5 Å². The zero-order chi connectivity index (χ0) is 17.6. The minimum atomic E-state index is -2.90. The monoisotopic (exact) mass is 357 g/mol. The Labute approximate surface area is 143 Å². The van der Waals surface area contributed by atoms with Crippen LogP contribution in [-0.4, -0.2) is 84.7 Å². The second-order valence-electron chi connectivity index (χ2n) is 6.17. The van der Waals surface area contributed by atoms with Crippen molar-refractivity contribution in [3.63, 3.8) is 0 Å². The van der Waals surface area contributed by atoms with Crippen LogP contribution in [0.5, 0.6) is 0 Å². The van der Waals surface area contributed by atoms with Crippen molar-refractivity contribution in [1.82, 2.24) is 24.9 Å². The molecule has 1 aromatic heterocycles. The summed E-state index contributed by atoms with van der Waals surface area (Å²) in [5.74, 6) is 0.246. The molecule has 1 amide bonds. The van der Waals surface area contributed by atoms with E-state index in [9.17, 15) is 13.2 Å². The maximum absolute atomic E-state index is 12.0. The summed E-state index contributed by atoms with van der Waals surface area (Å²) in [5.41, 5.74) is 1.15. The van der Waals surface area contributed by atoms with Gasteiger partial charge in [-0.05, 0) is 6.54 Å². The quantitative estimate of drug-likeness (QED) is 0.648. The van der Waals surface area contributed by atoms with Crippen molar-refractivity contribution < 1.29 is 13.2 Å². The van der Waals surface area contributed by atoms with Gasteiger partial charge in [0.15, 0.2) is 9.84 Å². The number of rotatable bonds is 8. The van der Waals surface area contributed by atoms with E-state index in [4.69, 9.17) is 0 Å². The van der Waals surface area contributed by atoms with Crippen molar-refractivity contribution in [2.75, 3.05) is 50.8 Å². The summed E-state index contributed by atoms with van der Waals surface area (Å²) in [7, 11) is -1.00. The number of likely N-dealkylation sites (N-methyl/N-ethyl adjacent to an activating group) is 1. The zero-order valence-corrected chi connectivity index (χ0v) is 15.3. The van der Waals surface area contributed by atoms with E-state index >= 15 is 0 Å². The number of hydrogen-bond acceptors (Lipinski definition) is 6. The molecule has 136 valence electrons. The zero-order valence-electron chi connectivity index (χ0n) is 14.4. The molecule has 1 aliphatic rings. The highest BCUT2D eigenvalue weighted by molar-refractivity contribution is 7.91. The first-order valence-electron chi connectivity index (χ1n) is 8.27. The van der Waals surface area contributed by atoms with Crippen LogP contribution in [-0.2, 0) is 28.2 Å². The minimum Gasteiger partial charge on any atom is -0.354 e. The average molecular weight is 357 g/mol. The van der Waals surface area contributed by atoms with Gasteiger partial charge in [-0.2, -0.15) is 5.10 Å². The van der Waals surface area contributed by atoms with Crippen molar-refractivity contribution >= 4 is 15.7 Å². The van der Waals surface area contributed by atoms with E-state index in [-0.39, 0.29) is 24.0 Å². The smallest absolute Gasteiger partial charge is 0.234 e. The standard InChI is InChI=1S/C15H27N5O3S/c1-3-19(12-14-10-17-18(2)11-14)5-4-16-15(21)13-20-6-8-24(22,23)9-7-20/h10-11H,3-9,12-13H2,1-2H3,(H,16,21). The summed E-state index contributed by atoms with van der Waals surface area (Å²) in [4.78, 5) is 16.1. The Kier molecular flexibility index (Phi) is 6.76. The second kappa shape index (κ2) is 8.59. The van der Waals surface area contributed by atoms with Gasteiger partial charge >= 0.3 is 0 Å². The molecule has 8 nitrogen and oxygen atoms in total. The normalized spacial score (nSPS) is 18.0. The summed E-state index contributed by atoms with van der Waals surface area (Å²) >= 11 is 0. The van der Waals surface area contributed by atoms with Crippen molar-refractivity contribution in [3.05, 3.63) is 18.0 Å². The fourth-order valence-electron chi connectivity index (χ4n) is 2.68. The van der Waals surface area contributed by atoms with Crippen LogP contribution in [0.3, 0.4) is 0 Å². The van der Waals surface area contributed by atoms with Gasteiger partial charge in [0.05, 0.1) is 24.2 Å². The molecule has 0 aliphatic carbocycles. The molecule has 2 rings (SSSR count). The first-order chi connectivity index (χ1) is 11.4. The predicted molar refractivity (Wildman–Crippen MR) is 92.3 cm³/mol. The maximum atomic E-state index is 12.0. The van der Waals surface area contributed by atoms with Gasteiger partial charge in [0.1, 0.15) is 0 Å². The molecule has 24 heavy (non-hydrogen) atoms. The van der Waals surface area contributed by atoms with Gasteiger partial charge in [-0.25, -0.2) is 8.42 Å². The molecular weight excluding hydrogens is 330 g/mol. The lowest BCUT2D eigenvalue weighted by Gasteiger charge is -2.26. The Morgan fingerprint density at radius 2 is 2.08 bits per heavy atom. The third-order valence-electron chi connectivity index (χ3n) is 4.17. The van der Waals surface area contributed by atoms with Crippen LogP contribution < -0.4 is 5.32 Å². The van der Waals surface area contributed by atoms with Crippen molar-refractivity contribution in [2.24, 2.45) is 7.05 Å². The molecule has 0 saturated carbocycles. The SMILES string of the molecule is CCN(CCNC(=O)CN1CCS(=O)(=O)CC1)Cc1cnn(C)c1. The van der Waals surface area contributed by atoms with Gasteiger partial charge in [0.25, 0.3) is 0 Å². The Hall–Kier alpha value is -1.45. The number of hydrogen-bond donors (Lipinski definition) is 1. The summed E-state index contributed by atoms with van der Waals surface area (Å²) in [6, 6.07) is 0. The van der Waals surface area contributed by atoms with E-state index in [1.165, 1.54) is 0 Å². The Morgan fingerprint density at radius 1 is 1.38 bits per heavy atom. The van der Waals surface area contributed by atoms with Crippen molar-refractivity contribution in [1.29, 1.82) is 0 Å². The van der Waals surface area contributed by atoms with Crippen LogP contribution in [0.15, 0.2) is 12.4 Å². The molecule has 2 heterocycles. The van der Waals surface area contributed by atoms with Crippen molar-refractivity contribution in [3.8, 4) is 0 Å². The number of carbonyl (C=O) groups excluding carboxylic acids is 1. The van der Waals surface area contributed by atoms with Crippen LogP contribution >= 0.6 is 0 Å². The van der Waals surface area contributed by atoms with E-state index in [1.807, 2.05) is 24.3 Å². The lowest BCUT2D eigenvalue weighted by molar-refractivity contribution is -0.122. The Bertz CT molecular complexity index is 629. The number of aryl methyl sites for hydroxylation is 1. The molecule has 1 aromatic rings. The fourth-order valence-corrected chi connectivity index (χ4v) is 3.96. The van der Waals surface area contributed by atoms with Crippen molar-refractivity contribution in [2.45, 2.75) is 13.5 Å². The first kappa shape index (κ1) is 18.9.